The minimum atomic E-state index is -1.56. The van der Waals surface area contributed by atoms with E-state index >= 15 is 0 Å². The lowest BCUT2D eigenvalue weighted by Gasteiger charge is -2.42. The van der Waals surface area contributed by atoms with Gasteiger partial charge in [-0.15, -0.1) is 0 Å². The summed E-state index contributed by atoms with van der Waals surface area (Å²) in [7, 11) is 0. The average Bonchev–Trinajstić information content (AvgIpc) is 3.04. The van der Waals surface area contributed by atoms with Crippen LogP contribution < -0.4 is 0 Å². The summed E-state index contributed by atoms with van der Waals surface area (Å²) >= 11 is 0. The smallest absolute Gasteiger partial charge is 0.309 e. The normalized spacial score (nSPS) is 29.6. The number of aliphatic carboxylic acids is 1. The van der Waals surface area contributed by atoms with Crippen LogP contribution in [-0.4, -0.2) is 109 Å². The van der Waals surface area contributed by atoms with E-state index in [1.54, 1.807) is 32.9 Å². The zero-order valence-corrected chi connectivity index (χ0v) is 31.6. The molecule has 0 radical (unpaired) electrons. The van der Waals surface area contributed by atoms with Crippen LogP contribution in [0, 0.1) is 41.4 Å². The van der Waals surface area contributed by atoms with Crippen molar-refractivity contribution in [2.75, 3.05) is 6.61 Å². The third-order valence-electron chi connectivity index (χ3n) is 10.3. The van der Waals surface area contributed by atoms with Crippen LogP contribution in [0.1, 0.15) is 95.4 Å². The molecule has 0 aromatic heterocycles. The Morgan fingerprint density at radius 1 is 0.714 bits per heavy atom. The first-order valence-electron chi connectivity index (χ1n) is 18.0. The average molecular weight is 701 g/mol. The summed E-state index contributed by atoms with van der Waals surface area (Å²) in [6, 6.07) is 0. The fourth-order valence-corrected chi connectivity index (χ4v) is 7.01. The second kappa shape index (κ2) is 21.0. The molecule has 8 N–H and O–H groups in total. The number of rotatable bonds is 20. The Morgan fingerprint density at radius 2 is 1.18 bits per heavy atom. The number of aliphatic hydroxyl groups excluding tert-OH is 7. The highest BCUT2D eigenvalue weighted by Crippen LogP contribution is 2.33. The molecule has 0 unspecified atom stereocenters. The molecule has 0 aliphatic carbocycles. The molecule has 1 aliphatic rings. The van der Waals surface area contributed by atoms with Crippen molar-refractivity contribution in [3.8, 4) is 0 Å². The minimum Gasteiger partial charge on any atom is -0.481 e. The van der Waals surface area contributed by atoms with E-state index in [1.165, 1.54) is 6.92 Å². The molecular weight excluding hydrogens is 632 g/mol. The first kappa shape index (κ1) is 45.4. The summed E-state index contributed by atoms with van der Waals surface area (Å²) in [6.07, 6.45) is -2.13. The molecule has 11 heteroatoms. The van der Waals surface area contributed by atoms with Crippen molar-refractivity contribution in [2.45, 2.75) is 151 Å². The van der Waals surface area contributed by atoms with E-state index in [4.69, 9.17) is 9.47 Å². The van der Waals surface area contributed by atoms with Crippen molar-refractivity contribution in [1.82, 2.24) is 0 Å². The zero-order chi connectivity index (χ0) is 37.9. The van der Waals surface area contributed by atoms with Crippen molar-refractivity contribution in [3.63, 3.8) is 0 Å². The molecule has 0 aromatic carbocycles. The van der Waals surface area contributed by atoms with E-state index in [-0.39, 0.29) is 17.8 Å². The summed E-state index contributed by atoms with van der Waals surface area (Å²) in [6.45, 7) is 20.3. The van der Waals surface area contributed by atoms with E-state index in [2.05, 4.69) is 27.7 Å². The van der Waals surface area contributed by atoms with Gasteiger partial charge in [-0.25, -0.2) is 0 Å². The summed E-state index contributed by atoms with van der Waals surface area (Å²) in [5, 5.41) is 83.0. The molecule has 1 heterocycles. The lowest BCUT2D eigenvalue weighted by Crippen LogP contribution is -2.60. The molecule has 1 rings (SSSR count). The van der Waals surface area contributed by atoms with Gasteiger partial charge >= 0.3 is 5.97 Å². The van der Waals surface area contributed by atoms with Crippen molar-refractivity contribution < 1.29 is 55.1 Å². The van der Waals surface area contributed by atoms with Crippen molar-refractivity contribution in [1.29, 1.82) is 0 Å². The third-order valence-corrected chi connectivity index (χ3v) is 10.3. The van der Waals surface area contributed by atoms with Gasteiger partial charge in [-0.2, -0.15) is 0 Å². The zero-order valence-electron chi connectivity index (χ0n) is 31.6. The van der Waals surface area contributed by atoms with Crippen LogP contribution in [0.25, 0.3) is 0 Å². The predicted molar refractivity (Wildman–Crippen MR) is 189 cm³/mol. The molecule has 1 fully saturated rings. The monoisotopic (exact) mass is 700 g/mol. The standard InChI is InChI=1S/C38H68O11/c1-12-19(2)13-20(3)14-26(9)36(49-38-35(45)34(44)33(43)29(18-39)48-38)27(10)17-24(7)31(41)22(5)15-21(4)30(40)23(6)16-25(8)32(42)28(11)37(46)47/h15-17,19-20,22-23,26-36,38-45H,12-14,18H2,1-11H3,(H,46,47)/b21-15+,24-17+,25-16+/t19-,20-,22-,23-,26-,27-,28+,29+,30+,31-,32+,33+,34-,35-,36+,38-/m0/s1. The largest absolute Gasteiger partial charge is 0.481 e. The maximum absolute atomic E-state index is 11.3. The summed E-state index contributed by atoms with van der Waals surface area (Å²) < 4.78 is 12.1. The molecule has 0 saturated carbocycles. The van der Waals surface area contributed by atoms with Gasteiger partial charge in [0.25, 0.3) is 0 Å². The van der Waals surface area contributed by atoms with Gasteiger partial charge in [0.1, 0.15) is 24.4 Å². The Kier molecular flexibility index (Phi) is 19.4. The lowest BCUT2D eigenvalue weighted by atomic mass is 9.82. The van der Waals surface area contributed by atoms with Crippen LogP contribution in [0.5, 0.6) is 0 Å². The van der Waals surface area contributed by atoms with Crippen LogP contribution in [0.4, 0.5) is 0 Å². The van der Waals surface area contributed by atoms with Crippen LogP contribution >= 0.6 is 0 Å². The first-order valence-corrected chi connectivity index (χ1v) is 18.0. The molecular formula is C38H68O11. The topological polar surface area (TPSA) is 197 Å². The number of hydrogen-bond acceptors (Lipinski definition) is 10. The van der Waals surface area contributed by atoms with Crippen LogP contribution in [-0.2, 0) is 14.3 Å². The molecule has 0 amide bonds. The third kappa shape index (κ3) is 13.4. The van der Waals surface area contributed by atoms with Gasteiger partial charge in [-0.1, -0.05) is 73.1 Å². The highest BCUT2D eigenvalue weighted by molar-refractivity contribution is 5.70. The van der Waals surface area contributed by atoms with Gasteiger partial charge in [-0.3, -0.25) is 4.79 Å². The van der Waals surface area contributed by atoms with Crippen LogP contribution in [0.2, 0.25) is 0 Å². The second-order valence-electron chi connectivity index (χ2n) is 15.1. The summed E-state index contributed by atoms with van der Waals surface area (Å²) in [5.74, 6) is -2.24. The highest BCUT2D eigenvalue weighted by atomic mass is 16.7. The Balaban J connectivity index is 3.23. The Bertz CT molecular complexity index is 1090. The number of hydrogen-bond donors (Lipinski definition) is 8. The van der Waals surface area contributed by atoms with Gasteiger partial charge in [0.15, 0.2) is 6.29 Å². The van der Waals surface area contributed by atoms with E-state index in [1.807, 2.05) is 26.8 Å². The quantitative estimate of drug-likeness (QED) is 0.0860. The van der Waals surface area contributed by atoms with E-state index in [0.29, 0.717) is 28.6 Å². The van der Waals surface area contributed by atoms with Gasteiger partial charge in [-0.05, 0) is 75.0 Å². The molecule has 11 nitrogen and oxygen atoms in total. The van der Waals surface area contributed by atoms with Gasteiger partial charge < -0.3 is 50.3 Å². The minimum absolute atomic E-state index is 0.0210. The van der Waals surface area contributed by atoms with Crippen molar-refractivity contribution in [3.05, 3.63) is 34.9 Å². The molecule has 0 bridgehead atoms. The van der Waals surface area contributed by atoms with Gasteiger partial charge in [0, 0.05) is 17.8 Å². The number of aliphatic hydroxyl groups is 7. The number of carboxylic acids is 1. The molecule has 16 atom stereocenters. The molecule has 0 spiro atoms. The molecule has 286 valence electrons. The first-order chi connectivity index (χ1) is 22.7. The molecule has 1 aliphatic heterocycles. The van der Waals surface area contributed by atoms with Crippen LogP contribution in [0.3, 0.4) is 0 Å². The van der Waals surface area contributed by atoms with Gasteiger partial charge in [0.05, 0.1) is 36.9 Å². The summed E-state index contributed by atoms with van der Waals surface area (Å²) in [5.41, 5.74) is 1.76. The highest BCUT2D eigenvalue weighted by Gasteiger charge is 2.45. The van der Waals surface area contributed by atoms with E-state index in [0.717, 1.165) is 19.3 Å². The van der Waals surface area contributed by atoms with Crippen molar-refractivity contribution >= 4 is 5.97 Å². The Morgan fingerprint density at radius 3 is 1.63 bits per heavy atom. The fourth-order valence-electron chi connectivity index (χ4n) is 7.01. The molecule has 0 aromatic rings. The van der Waals surface area contributed by atoms with Crippen LogP contribution in [0.15, 0.2) is 34.9 Å². The number of carboxylic acid groups (broad SMARTS) is 1. The number of carbonyl (C=O) groups is 1. The van der Waals surface area contributed by atoms with Gasteiger partial charge in [0.2, 0.25) is 0 Å². The summed E-state index contributed by atoms with van der Waals surface area (Å²) in [4.78, 5) is 11.3. The maximum Gasteiger partial charge on any atom is 0.309 e. The second-order valence-corrected chi connectivity index (χ2v) is 15.1. The maximum atomic E-state index is 11.3. The Hall–Kier alpha value is -1.67. The molecule has 49 heavy (non-hydrogen) atoms. The Labute approximate surface area is 294 Å². The lowest BCUT2D eigenvalue weighted by molar-refractivity contribution is -0.317. The fraction of sp³-hybridized carbons (Fsp3) is 0.816. The van der Waals surface area contributed by atoms with Crippen molar-refractivity contribution in [2.24, 2.45) is 41.4 Å². The van der Waals surface area contributed by atoms with E-state index < -0.39 is 79.5 Å². The predicted octanol–water partition coefficient (Wildman–Crippen LogP) is 3.82. The van der Waals surface area contributed by atoms with E-state index in [9.17, 15) is 45.6 Å². The SMILES string of the molecule is CC[C@H](C)C[C@H](C)C[C@H](C)[C@@H](O[C@@H]1O[C@H](CO)[C@@H](O)[C@H](O)[C@@H]1O)[C@@H](C)/C=C(\C)[C@@H](O)[C@@H](C)/C=C(\C)[C@@H](O)[C@@H](C)/C=C(\C)[C@@H](O)[C@@H](C)C(=O)O. The number of ether oxygens (including phenoxy) is 2. The molecule has 1 saturated heterocycles.